The molecule has 98 valence electrons. The zero-order chi connectivity index (χ0) is 13.2. The molecule has 0 saturated carbocycles. The Hall–Kier alpha value is -1.36. The first kappa shape index (κ1) is 13.1. The second-order valence-corrected chi connectivity index (χ2v) is 4.37. The van der Waals surface area contributed by atoms with Crippen LogP contribution in [0.15, 0.2) is 18.2 Å². The predicted molar refractivity (Wildman–Crippen MR) is 59.7 cm³/mol. The lowest BCUT2D eigenvalue weighted by atomic mass is 10.0. The number of hydrogen-bond donors (Lipinski definition) is 0. The smallest absolute Gasteiger partial charge is 0.364 e. The van der Waals surface area contributed by atoms with Crippen molar-refractivity contribution < 1.29 is 22.7 Å². The Balaban J connectivity index is 1.93. The molecule has 0 fully saturated rings. The first-order chi connectivity index (χ1) is 8.46. The minimum Gasteiger partial charge on any atom is -0.364 e. The Morgan fingerprint density at radius 1 is 1.22 bits per heavy atom. The third kappa shape index (κ3) is 3.32. The number of fused-ring (bicyclic) bond motifs is 1. The molecule has 2 rings (SSSR count). The number of benzene rings is 1. The van der Waals surface area contributed by atoms with E-state index in [1.807, 2.05) is 6.07 Å². The molecule has 0 amide bonds. The summed E-state index contributed by atoms with van der Waals surface area (Å²) in [6.45, 7) is -1.91. The highest BCUT2D eigenvalue weighted by Gasteiger charge is 2.27. The van der Waals surface area contributed by atoms with E-state index < -0.39 is 25.2 Å². The molecule has 0 N–H and O–H groups in total. The van der Waals surface area contributed by atoms with Crippen LogP contribution in [0.3, 0.4) is 0 Å². The van der Waals surface area contributed by atoms with Crippen LogP contribution in [0.25, 0.3) is 0 Å². The summed E-state index contributed by atoms with van der Waals surface area (Å²) in [4.78, 5) is 11.6. The molecule has 1 aliphatic carbocycles. The van der Waals surface area contributed by atoms with Gasteiger partial charge in [-0.3, -0.25) is 4.79 Å². The predicted octanol–water partition coefficient (Wildman–Crippen LogP) is 2.94. The number of rotatable bonds is 4. The van der Waals surface area contributed by atoms with Gasteiger partial charge in [0.15, 0.2) is 5.78 Å². The Morgan fingerprint density at radius 3 is 2.67 bits per heavy atom. The SMILES string of the molecule is O=C(COCC(F)(F)F)c1ccc2c(c1)CCC2. The maximum atomic E-state index is 11.9. The minimum atomic E-state index is -4.39. The van der Waals surface area contributed by atoms with Gasteiger partial charge in [-0.15, -0.1) is 0 Å². The summed E-state index contributed by atoms with van der Waals surface area (Å²) < 4.78 is 39.9. The number of carbonyl (C=O) groups excluding carboxylic acids is 1. The van der Waals surface area contributed by atoms with Gasteiger partial charge in [-0.2, -0.15) is 13.2 Å². The van der Waals surface area contributed by atoms with Gasteiger partial charge in [-0.1, -0.05) is 12.1 Å². The fourth-order valence-corrected chi connectivity index (χ4v) is 2.09. The van der Waals surface area contributed by atoms with Crippen LogP contribution >= 0.6 is 0 Å². The Morgan fingerprint density at radius 2 is 1.94 bits per heavy atom. The number of ketones is 1. The van der Waals surface area contributed by atoms with Crippen molar-refractivity contribution >= 4 is 5.78 Å². The van der Waals surface area contributed by atoms with Gasteiger partial charge >= 0.3 is 6.18 Å². The van der Waals surface area contributed by atoms with Crippen molar-refractivity contribution in [3.8, 4) is 0 Å². The summed E-state index contributed by atoms with van der Waals surface area (Å²) in [6.07, 6.45) is -1.38. The van der Waals surface area contributed by atoms with Gasteiger partial charge in [0.25, 0.3) is 0 Å². The van der Waals surface area contributed by atoms with E-state index in [1.54, 1.807) is 12.1 Å². The van der Waals surface area contributed by atoms with E-state index in [0.717, 1.165) is 24.8 Å². The molecule has 1 aromatic carbocycles. The van der Waals surface area contributed by atoms with Crippen LogP contribution in [0.5, 0.6) is 0 Å². The third-order valence-electron chi connectivity index (χ3n) is 2.92. The van der Waals surface area contributed by atoms with Crippen molar-refractivity contribution in [1.29, 1.82) is 0 Å². The highest BCUT2D eigenvalue weighted by Crippen LogP contribution is 2.23. The first-order valence-corrected chi connectivity index (χ1v) is 5.75. The van der Waals surface area contributed by atoms with Gasteiger partial charge in [0.05, 0.1) is 0 Å². The standard InChI is InChI=1S/C13H13F3O2/c14-13(15,16)8-18-7-12(17)11-5-4-9-2-1-3-10(9)6-11/h4-6H,1-3,7-8H2. The summed E-state index contributed by atoms with van der Waals surface area (Å²) in [5.41, 5.74) is 2.78. The maximum Gasteiger partial charge on any atom is 0.411 e. The summed E-state index contributed by atoms with van der Waals surface area (Å²) >= 11 is 0. The number of alkyl halides is 3. The number of carbonyl (C=O) groups is 1. The Bertz CT molecular complexity index is 452. The molecular weight excluding hydrogens is 245 g/mol. The van der Waals surface area contributed by atoms with E-state index in [2.05, 4.69) is 4.74 Å². The van der Waals surface area contributed by atoms with E-state index >= 15 is 0 Å². The molecule has 0 aromatic heterocycles. The fraction of sp³-hybridized carbons (Fsp3) is 0.462. The van der Waals surface area contributed by atoms with Crippen molar-refractivity contribution in [1.82, 2.24) is 0 Å². The molecule has 0 unspecified atom stereocenters. The van der Waals surface area contributed by atoms with E-state index in [4.69, 9.17) is 0 Å². The molecule has 1 aliphatic rings. The topological polar surface area (TPSA) is 26.3 Å². The van der Waals surface area contributed by atoms with Crippen LogP contribution in [0, 0.1) is 0 Å². The summed E-state index contributed by atoms with van der Waals surface area (Å²) in [7, 11) is 0. The molecule has 18 heavy (non-hydrogen) atoms. The van der Waals surface area contributed by atoms with Crippen molar-refractivity contribution in [3.05, 3.63) is 34.9 Å². The molecule has 0 bridgehead atoms. The van der Waals surface area contributed by atoms with Crippen molar-refractivity contribution in [3.63, 3.8) is 0 Å². The van der Waals surface area contributed by atoms with Gasteiger partial charge in [-0.25, -0.2) is 0 Å². The Kier molecular flexibility index (Phi) is 3.71. The van der Waals surface area contributed by atoms with Crippen molar-refractivity contribution in [2.75, 3.05) is 13.2 Å². The third-order valence-corrected chi connectivity index (χ3v) is 2.92. The molecule has 0 spiro atoms. The number of ether oxygens (including phenoxy) is 1. The molecule has 0 aliphatic heterocycles. The molecule has 1 aromatic rings. The minimum absolute atomic E-state index is 0.408. The summed E-state index contributed by atoms with van der Waals surface area (Å²) in [5, 5.41) is 0. The van der Waals surface area contributed by atoms with Crippen LogP contribution in [-0.2, 0) is 17.6 Å². The normalized spacial score (nSPS) is 14.6. The molecule has 0 heterocycles. The summed E-state index contributed by atoms with van der Waals surface area (Å²) in [6, 6.07) is 5.30. The molecule has 5 heteroatoms. The zero-order valence-electron chi connectivity index (χ0n) is 9.72. The highest BCUT2D eigenvalue weighted by atomic mass is 19.4. The van der Waals surface area contributed by atoms with Gasteiger partial charge in [0.2, 0.25) is 0 Å². The lowest BCUT2D eigenvalue weighted by Gasteiger charge is -2.07. The lowest BCUT2D eigenvalue weighted by molar-refractivity contribution is -0.170. The molecule has 0 atom stereocenters. The lowest BCUT2D eigenvalue weighted by Crippen LogP contribution is -2.20. The second kappa shape index (κ2) is 5.10. The fourth-order valence-electron chi connectivity index (χ4n) is 2.09. The monoisotopic (exact) mass is 258 g/mol. The van der Waals surface area contributed by atoms with Gasteiger partial charge in [0.1, 0.15) is 13.2 Å². The quantitative estimate of drug-likeness (QED) is 0.776. The average Bonchev–Trinajstić information content (AvgIpc) is 2.73. The van der Waals surface area contributed by atoms with E-state index in [9.17, 15) is 18.0 Å². The average molecular weight is 258 g/mol. The van der Waals surface area contributed by atoms with Crippen LogP contribution in [0.2, 0.25) is 0 Å². The van der Waals surface area contributed by atoms with E-state index in [0.29, 0.717) is 5.56 Å². The number of halogens is 3. The summed E-state index contributed by atoms with van der Waals surface area (Å²) in [5.74, 6) is -0.408. The van der Waals surface area contributed by atoms with Gasteiger partial charge in [0, 0.05) is 5.56 Å². The van der Waals surface area contributed by atoms with Crippen LogP contribution in [0.4, 0.5) is 13.2 Å². The van der Waals surface area contributed by atoms with E-state index in [1.165, 1.54) is 5.56 Å². The van der Waals surface area contributed by atoms with E-state index in [-0.39, 0.29) is 0 Å². The molecular formula is C13H13F3O2. The molecule has 2 nitrogen and oxygen atoms in total. The van der Waals surface area contributed by atoms with Crippen LogP contribution in [-0.4, -0.2) is 25.2 Å². The highest BCUT2D eigenvalue weighted by molar-refractivity contribution is 5.97. The first-order valence-electron chi connectivity index (χ1n) is 5.75. The van der Waals surface area contributed by atoms with Crippen molar-refractivity contribution in [2.24, 2.45) is 0 Å². The number of Topliss-reactive ketones (excluding diaryl/α,β-unsaturated/α-hetero) is 1. The largest absolute Gasteiger partial charge is 0.411 e. The maximum absolute atomic E-state index is 11.9. The number of hydrogen-bond acceptors (Lipinski definition) is 2. The zero-order valence-corrected chi connectivity index (χ0v) is 9.72. The molecule has 0 saturated heterocycles. The van der Waals surface area contributed by atoms with Gasteiger partial charge < -0.3 is 4.74 Å². The number of aryl methyl sites for hydroxylation is 2. The van der Waals surface area contributed by atoms with Crippen LogP contribution in [0.1, 0.15) is 27.9 Å². The molecule has 0 radical (unpaired) electrons. The van der Waals surface area contributed by atoms with Crippen molar-refractivity contribution in [2.45, 2.75) is 25.4 Å². The Labute approximate surface area is 103 Å². The van der Waals surface area contributed by atoms with Gasteiger partial charge in [-0.05, 0) is 36.5 Å². The second-order valence-electron chi connectivity index (χ2n) is 4.37. The van der Waals surface area contributed by atoms with Crippen LogP contribution < -0.4 is 0 Å².